The monoisotopic (exact) mass is 695 g/mol. The van der Waals surface area contributed by atoms with E-state index in [9.17, 15) is 18.0 Å². The molecule has 0 aliphatic carbocycles. The molecule has 10 heteroatoms. The molecular formula is C34H35BrClN3O4S. The summed E-state index contributed by atoms with van der Waals surface area (Å²) in [7, 11) is -4.16. The minimum Gasteiger partial charge on any atom is -0.354 e. The van der Waals surface area contributed by atoms with Gasteiger partial charge in [0.05, 0.1) is 10.6 Å². The highest BCUT2D eigenvalue weighted by atomic mass is 79.9. The second-order valence-corrected chi connectivity index (χ2v) is 13.5. The van der Waals surface area contributed by atoms with E-state index in [1.165, 1.54) is 17.0 Å². The van der Waals surface area contributed by atoms with Gasteiger partial charge >= 0.3 is 0 Å². The van der Waals surface area contributed by atoms with Crippen LogP contribution < -0.4 is 9.62 Å². The molecule has 7 nitrogen and oxygen atoms in total. The molecule has 0 unspecified atom stereocenters. The fourth-order valence-corrected chi connectivity index (χ4v) is 6.53. The maximum Gasteiger partial charge on any atom is 0.264 e. The Kier molecular flexibility index (Phi) is 12.0. The molecule has 0 aromatic heterocycles. The molecule has 0 spiro atoms. The Labute approximate surface area is 273 Å². The van der Waals surface area contributed by atoms with Crippen LogP contribution in [-0.4, -0.2) is 44.3 Å². The van der Waals surface area contributed by atoms with Gasteiger partial charge in [0.15, 0.2) is 0 Å². The van der Waals surface area contributed by atoms with E-state index < -0.39 is 28.5 Å². The van der Waals surface area contributed by atoms with Gasteiger partial charge in [0, 0.05) is 29.0 Å². The normalized spacial score (nSPS) is 11.9. The predicted octanol–water partition coefficient (Wildman–Crippen LogP) is 6.85. The predicted molar refractivity (Wildman–Crippen MR) is 179 cm³/mol. The first-order valence-corrected chi connectivity index (χ1v) is 17.0. The van der Waals surface area contributed by atoms with Crippen molar-refractivity contribution in [3.05, 3.63) is 130 Å². The van der Waals surface area contributed by atoms with Gasteiger partial charge in [0.1, 0.15) is 12.6 Å². The fraction of sp³-hybridized carbons (Fsp3) is 0.235. The average Bonchev–Trinajstić information content (AvgIpc) is 3.03. The Balaban J connectivity index is 1.77. The molecule has 230 valence electrons. The van der Waals surface area contributed by atoms with Crippen molar-refractivity contribution >= 4 is 55.1 Å². The molecule has 4 rings (SSSR count). The maximum atomic E-state index is 14.4. The molecule has 0 radical (unpaired) electrons. The molecule has 0 aliphatic heterocycles. The zero-order valence-corrected chi connectivity index (χ0v) is 27.6. The molecule has 0 heterocycles. The Morgan fingerprint density at radius 3 is 2.07 bits per heavy atom. The standard InChI is InChI=1S/C34H35BrClN3O4S/c1-2-3-22-37-34(41)32(23-26-10-6-4-7-11-26)38(24-27-14-16-28(35)17-15-27)33(40)25-39(30-20-18-29(36)19-21-30)44(42,43)31-12-8-5-9-13-31/h4-21,32H,2-3,22-25H2,1H3,(H,37,41)/t32-/m0/s1. The van der Waals surface area contributed by atoms with Crippen LogP contribution in [0.3, 0.4) is 0 Å². The van der Waals surface area contributed by atoms with Crippen molar-refractivity contribution in [1.82, 2.24) is 10.2 Å². The second-order valence-electron chi connectivity index (χ2n) is 10.3. The van der Waals surface area contributed by atoms with Crippen molar-refractivity contribution in [1.29, 1.82) is 0 Å². The van der Waals surface area contributed by atoms with Crippen LogP contribution in [0.5, 0.6) is 0 Å². The molecule has 4 aromatic rings. The summed E-state index contributed by atoms with van der Waals surface area (Å²) < 4.78 is 29.9. The first-order valence-electron chi connectivity index (χ1n) is 14.4. The SMILES string of the molecule is CCCCNC(=O)[C@H](Cc1ccccc1)N(Cc1ccc(Br)cc1)C(=O)CN(c1ccc(Cl)cc1)S(=O)(=O)c1ccccc1. The van der Waals surface area contributed by atoms with Crippen LogP contribution in [0.1, 0.15) is 30.9 Å². The van der Waals surface area contributed by atoms with Crippen LogP contribution in [0.4, 0.5) is 5.69 Å². The van der Waals surface area contributed by atoms with E-state index in [1.807, 2.05) is 61.5 Å². The molecule has 1 N–H and O–H groups in total. The minimum atomic E-state index is -4.16. The highest BCUT2D eigenvalue weighted by Gasteiger charge is 2.34. The summed E-state index contributed by atoms with van der Waals surface area (Å²) in [6.07, 6.45) is 1.95. The van der Waals surface area contributed by atoms with Crippen molar-refractivity contribution in [3.8, 4) is 0 Å². The number of anilines is 1. The minimum absolute atomic E-state index is 0.0420. The first kappa shape index (κ1) is 33.2. The molecule has 0 saturated carbocycles. The quantitative estimate of drug-likeness (QED) is 0.146. The van der Waals surface area contributed by atoms with Crippen LogP contribution in [-0.2, 0) is 32.6 Å². The van der Waals surface area contributed by atoms with Crippen LogP contribution in [0.25, 0.3) is 0 Å². The topological polar surface area (TPSA) is 86.8 Å². The average molecular weight is 697 g/mol. The first-order chi connectivity index (χ1) is 21.2. The molecular weight excluding hydrogens is 662 g/mol. The molecule has 0 fully saturated rings. The van der Waals surface area contributed by atoms with Gasteiger partial charge in [-0.1, -0.05) is 102 Å². The van der Waals surface area contributed by atoms with E-state index in [0.717, 1.165) is 32.7 Å². The van der Waals surface area contributed by atoms with Crippen molar-refractivity contribution < 1.29 is 18.0 Å². The third kappa shape index (κ3) is 8.94. The zero-order chi connectivity index (χ0) is 31.5. The van der Waals surface area contributed by atoms with Gasteiger partial charge in [0.25, 0.3) is 10.0 Å². The molecule has 0 bridgehead atoms. The lowest BCUT2D eigenvalue weighted by Gasteiger charge is -2.34. The van der Waals surface area contributed by atoms with Crippen LogP contribution in [0, 0.1) is 0 Å². The number of hydrogen-bond donors (Lipinski definition) is 1. The Morgan fingerprint density at radius 2 is 1.45 bits per heavy atom. The summed E-state index contributed by atoms with van der Waals surface area (Å²) in [5, 5.41) is 3.43. The lowest BCUT2D eigenvalue weighted by molar-refractivity contribution is -0.140. The Bertz CT molecular complexity index is 1620. The third-order valence-electron chi connectivity index (χ3n) is 7.09. The van der Waals surface area contributed by atoms with Crippen molar-refractivity contribution in [2.45, 2.75) is 43.7 Å². The van der Waals surface area contributed by atoms with Crippen LogP contribution >= 0.6 is 27.5 Å². The summed E-state index contributed by atoms with van der Waals surface area (Å²) in [6.45, 7) is 2.09. The van der Waals surface area contributed by atoms with Gasteiger partial charge in [-0.05, 0) is 66.1 Å². The van der Waals surface area contributed by atoms with E-state index in [0.29, 0.717) is 11.6 Å². The largest absolute Gasteiger partial charge is 0.354 e. The van der Waals surface area contributed by atoms with Gasteiger partial charge in [-0.25, -0.2) is 8.42 Å². The number of benzene rings is 4. The number of nitrogens with one attached hydrogen (secondary N) is 1. The Morgan fingerprint density at radius 1 is 0.841 bits per heavy atom. The van der Waals surface area contributed by atoms with Crippen LogP contribution in [0.15, 0.2) is 119 Å². The Hall–Kier alpha value is -3.66. The summed E-state index contributed by atoms with van der Waals surface area (Å²) in [5.41, 5.74) is 1.95. The summed E-state index contributed by atoms with van der Waals surface area (Å²) in [4.78, 5) is 29.7. The number of rotatable bonds is 14. The van der Waals surface area contributed by atoms with E-state index in [2.05, 4.69) is 21.2 Å². The maximum absolute atomic E-state index is 14.4. The smallest absolute Gasteiger partial charge is 0.264 e. The molecule has 1 atom stereocenters. The number of nitrogens with zero attached hydrogens (tertiary/aromatic N) is 2. The van der Waals surface area contributed by atoms with Gasteiger partial charge < -0.3 is 10.2 Å². The molecule has 0 saturated heterocycles. The summed E-state index contributed by atoms with van der Waals surface area (Å²) in [6, 6.07) is 30.3. The van der Waals surface area contributed by atoms with E-state index >= 15 is 0 Å². The van der Waals surface area contributed by atoms with Gasteiger partial charge in [-0.2, -0.15) is 0 Å². The van der Waals surface area contributed by atoms with Crippen LogP contribution in [0.2, 0.25) is 5.02 Å². The highest BCUT2D eigenvalue weighted by molar-refractivity contribution is 9.10. The molecule has 0 aliphatic rings. The van der Waals surface area contributed by atoms with Gasteiger partial charge in [0.2, 0.25) is 11.8 Å². The molecule has 4 aromatic carbocycles. The van der Waals surface area contributed by atoms with Gasteiger partial charge in [-0.3, -0.25) is 13.9 Å². The number of sulfonamides is 1. The highest BCUT2D eigenvalue weighted by Crippen LogP contribution is 2.26. The van der Waals surface area contributed by atoms with E-state index in [1.54, 1.807) is 42.5 Å². The van der Waals surface area contributed by atoms with E-state index in [4.69, 9.17) is 11.6 Å². The lowest BCUT2D eigenvalue weighted by atomic mass is 10.0. The van der Waals surface area contributed by atoms with Crippen molar-refractivity contribution in [3.63, 3.8) is 0 Å². The number of carbonyl (C=O) groups is 2. The summed E-state index contributed by atoms with van der Waals surface area (Å²) in [5.74, 6) is -0.814. The van der Waals surface area contributed by atoms with Crippen molar-refractivity contribution in [2.24, 2.45) is 0 Å². The van der Waals surface area contributed by atoms with Gasteiger partial charge in [-0.15, -0.1) is 0 Å². The fourth-order valence-electron chi connectivity index (χ4n) is 4.70. The lowest BCUT2D eigenvalue weighted by Crippen LogP contribution is -2.53. The van der Waals surface area contributed by atoms with E-state index in [-0.39, 0.29) is 29.5 Å². The summed E-state index contributed by atoms with van der Waals surface area (Å²) >= 11 is 9.57. The third-order valence-corrected chi connectivity index (χ3v) is 9.66. The van der Waals surface area contributed by atoms with Crippen molar-refractivity contribution in [2.75, 3.05) is 17.4 Å². The second kappa shape index (κ2) is 15.9. The number of hydrogen-bond acceptors (Lipinski definition) is 4. The molecule has 44 heavy (non-hydrogen) atoms. The number of carbonyl (C=O) groups excluding carboxylic acids is 2. The number of amides is 2. The molecule has 2 amide bonds. The number of halogens is 2. The number of unbranched alkanes of at least 4 members (excludes halogenated alkanes) is 1. The zero-order valence-electron chi connectivity index (χ0n) is 24.4.